The molecule has 0 saturated carbocycles. The number of rotatable bonds is 13. The van der Waals surface area contributed by atoms with Crippen molar-refractivity contribution in [1.29, 1.82) is 0 Å². The topological polar surface area (TPSA) is 59.6 Å². The number of anilines is 1. The molecule has 5 nitrogen and oxygen atoms in total. The first-order valence-corrected chi connectivity index (χ1v) is 12.7. The number of hydrogen-bond acceptors (Lipinski definition) is 4. The summed E-state index contributed by atoms with van der Waals surface area (Å²) in [5.41, 5.74) is 2.61. The lowest BCUT2D eigenvalue weighted by atomic mass is 10.1. The maximum absolute atomic E-state index is 12.5. The monoisotopic (exact) mass is 490 g/mol. The quantitative estimate of drug-likeness (QED) is 0.204. The molecule has 0 aliphatic heterocycles. The maximum atomic E-state index is 12.5. The van der Waals surface area contributed by atoms with E-state index in [-0.39, 0.29) is 11.0 Å². The molecular weight excluding hydrogens is 456 g/mol. The fourth-order valence-corrected chi connectivity index (χ4v) is 3.72. The number of carbonyl (C=O) groups excluding carboxylic acids is 1. The summed E-state index contributed by atoms with van der Waals surface area (Å²) in [5, 5.41) is 5.98. The first kappa shape index (κ1) is 26.2. The Bertz CT molecular complexity index is 1040. The Morgan fingerprint density at radius 3 is 2.06 bits per heavy atom. The van der Waals surface area contributed by atoms with Gasteiger partial charge >= 0.3 is 0 Å². The highest BCUT2D eigenvalue weighted by atomic mass is 32.1. The van der Waals surface area contributed by atoms with Gasteiger partial charge in [0.1, 0.15) is 11.5 Å². The normalized spacial score (nSPS) is 10.4. The van der Waals surface area contributed by atoms with Crippen LogP contribution in [-0.4, -0.2) is 24.2 Å². The molecule has 0 atom stereocenters. The summed E-state index contributed by atoms with van der Waals surface area (Å²) in [4.78, 5) is 12.5. The van der Waals surface area contributed by atoms with E-state index in [0.717, 1.165) is 36.4 Å². The van der Waals surface area contributed by atoms with Gasteiger partial charge in [-0.1, -0.05) is 56.5 Å². The minimum atomic E-state index is -0.268. The van der Waals surface area contributed by atoms with Crippen molar-refractivity contribution in [2.45, 2.75) is 45.4 Å². The highest BCUT2D eigenvalue weighted by molar-refractivity contribution is 7.80. The smallest absolute Gasteiger partial charge is 0.257 e. The molecule has 3 aromatic carbocycles. The number of thiocarbonyl (C=S) groups is 1. The minimum absolute atomic E-state index is 0.239. The highest BCUT2D eigenvalue weighted by Gasteiger charge is 2.08. The molecule has 2 N–H and O–H groups in total. The first-order chi connectivity index (χ1) is 17.1. The van der Waals surface area contributed by atoms with Crippen molar-refractivity contribution < 1.29 is 14.3 Å². The van der Waals surface area contributed by atoms with Gasteiger partial charge in [0, 0.05) is 11.3 Å². The summed E-state index contributed by atoms with van der Waals surface area (Å²) >= 11 is 5.30. The molecule has 0 radical (unpaired) electrons. The summed E-state index contributed by atoms with van der Waals surface area (Å²) in [6.45, 7) is 3.53. The van der Waals surface area contributed by atoms with E-state index in [1.54, 1.807) is 12.1 Å². The molecule has 0 bridgehead atoms. The zero-order valence-corrected chi connectivity index (χ0v) is 21.1. The number of benzene rings is 3. The van der Waals surface area contributed by atoms with Crippen molar-refractivity contribution in [3.8, 4) is 11.5 Å². The molecular formula is C29H34N2O3S. The van der Waals surface area contributed by atoms with Crippen molar-refractivity contribution in [2.75, 3.05) is 18.5 Å². The van der Waals surface area contributed by atoms with Crippen LogP contribution < -0.4 is 20.1 Å². The van der Waals surface area contributed by atoms with E-state index in [1.165, 1.54) is 24.8 Å². The Morgan fingerprint density at radius 1 is 0.771 bits per heavy atom. The fraction of sp³-hybridized carbons (Fsp3) is 0.310. The lowest BCUT2D eigenvalue weighted by Gasteiger charge is -2.11. The molecule has 3 rings (SSSR count). The van der Waals surface area contributed by atoms with Gasteiger partial charge in [-0.25, -0.2) is 0 Å². The number of unbranched alkanes of at least 4 members (excludes halogenated alkanes) is 3. The van der Waals surface area contributed by atoms with Crippen molar-refractivity contribution in [2.24, 2.45) is 0 Å². The predicted octanol–water partition coefficient (Wildman–Crippen LogP) is 6.78. The molecule has 1 amide bonds. The summed E-state index contributed by atoms with van der Waals surface area (Å²) < 4.78 is 11.5. The van der Waals surface area contributed by atoms with Crippen LogP contribution in [0.4, 0.5) is 5.69 Å². The number of nitrogens with one attached hydrogen (secondary N) is 2. The van der Waals surface area contributed by atoms with Gasteiger partial charge in [0.2, 0.25) is 0 Å². The van der Waals surface area contributed by atoms with Crippen LogP contribution in [0.1, 0.15) is 54.9 Å². The van der Waals surface area contributed by atoms with Crippen LogP contribution in [0.3, 0.4) is 0 Å². The van der Waals surface area contributed by atoms with E-state index in [2.05, 4.69) is 41.8 Å². The molecule has 0 aromatic heterocycles. The summed E-state index contributed by atoms with van der Waals surface area (Å²) in [6.07, 6.45) is 6.58. The molecule has 0 spiro atoms. The number of carbonyl (C=O) groups is 1. The molecule has 0 unspecified atom stereocenters. The van der Waals surface area contributed by atoms with Gasteiger partial charge in [0.15, 0.2) is 5.11 Å². The Balaban J connectivity index is 1.36. The van der Waals surface area contributed by atoms with Crippen molar-refractivity contribution in [1.82, 2.24) is 5.32 Å². The van der Waals surface area contributed by atoms with Gasteiger partial charge in [-0.15, -0.1) is 0 Å². The van der Waals surface area contributed by atoms with Crippen LogP contribution in [0, 0.1) is 0 Å². The molecule has 35 heavy (non-hydrogen) atoms. The Hall–Kier alpha value is -3.38. The number of amides is 1. The lowest BCUT2D eigenvalue weighted by Crippen LogP contribution is -2.34. The largest absolute Gasteiger partial charge is 0.494 e. The average molecular weight is 491 g/mol. The second-order valence-electron chi connectivity index (χ2n) is 8.30. The average Bonchev–Trinajstić information content (AvgIpc) is 2.88. The maximum Gasteiger partial charge on any atom is 0.257 e. The van der Waals surface area contributed by atoms with Crippen LogP contribution in [-0.2, 0) is 6.42 Å². The van der Waals surface area contributed by atoms with E-state index in [9.17, 15) is 4.79 Å². The summed E-state index contributed by atoms with van der Waals surface area (Å²) in [7, 11) is 0. The van der Waals surface area contributed by atoms with Gasteiger partial charge in [-0.05, 0) is 85.6 Å². The van der Waals surface area contributed by atoms with Crippen LogP contribution >= 0.6 is 12.2 Å². The summed E-state index contributed by atoms with van der Waals surface area (Å²) in [5.74, 6) is 1.29. The summed E-state index contributed by atoms with van der Waals surface area (Å²) in [6, 6.07) is 25.0. The van der Waals surface area contributed by atoms with E-state index in [0.29, 0.717) is 18.8 Å². The van der Waals surface area contributed by atoms with Gasteiger partial charge in [-0.3, -0.25) is 10.1 Å². The third-order valence-electron chi connectivity index (χ3n) is 5.44. The van der Waals surface area contributed by atoms with Gasteiger partial charge in [0.25, 0.3) is 5.91 Å². The number of aryl methyl sites for hydroxylation is 1. The van der Waals surface area contributed by atoms with E-state index in [1.807, 2.05) is 42.5 Å². The van der Waals surface area contributed by atoms with Crippen LogP contribution in [0.25, 0.3) is 0 Å². The zero-order valence-electron chi connectivity index (χ0n) is 20.3. The standard InChI is InChI=1S/C29H34N2O3S/c1-2-3-4-8-21-33-26-17-13-24(14-18-26)28(32)31-29(35)30-25-15-19-27(20-16-25)34-22-9-12-23-10-6-5-7-11-23/h5-7,10-11,13-20H,2-4,8-9,12,21-22H2,1H3,(H2,30,31,32,35). The molecule has 0 fully saturated rings. The number of ether oxygens (including phenoxy) is 2. The predicted molar refractivity (Wildman–Crippen MR) is 146 cm³/mol. The van der Waals surface area contributed by atoms with Crippen LogP contribution in [0.5, 0.6) is 11.5 Å². The second-order valence-corrected chi connectivity index (χ2v) is 8.71. The third-order valence-corrected chi connectivity index (χ3v) is 5.65. The molecule has 184 valence electrons. The van der Waals surface area contributed by atoms with Crippen LogP contribution in [0.15, 0.2) is 78.9 Å². The van der Waals surface area contributed by atoms with Crippen molar-refractivity contribution >= 4 is 28.9 Å². The Morgan fingerprint density at radius 2 is 1.40 bits per heavy atom. The van der Waals surface area contributed by atoms with E-state index < -0.39 is 0 Å². The van der Waals surface area contributed by atoms with Crippen molar-refractivity contribution in [3.05, 3.63) is 90.0 Å². The molecule has 0 heterocycles. The molecule has 0 saturated heterocycles. The lowest BCUT2D eigenvalue weighted by molar-refractivity contribution is 0.0977. The van der Waals surface area contributed by atoms with E-state index >= 15 is 0 Å². The second kappa shape index (κ2) is 14.8. The zero-order chi connectivity index (χ0) is 24.7. The Labute approximate surface area is 213 Å². The third kappa shape index (κ3) is 9.79. The highest BCUT2D eigenvalue weighted by Crippen LogP contribution is 2.17. The fourth-order valence-electron chi connectivity index (χ4n) is 3.50. The van der Waals surface area contributed by atoms with Gasteiger partial charge in [-0.2, -0.15) is 0 Å². The molecule has 0 aliphatic rings. The Kier molecular flexibility index (Phi) is 11.1. The molecule has 6 heteroatoms. The van der Waals surface area contributed by atoms with Crippen LogP contribution in [0.2, 0.25) is 0 Å². The van der Waals surface area contributed by atoms with Crippen molar-refractivity contribution in [3.63, 3.8) is 0 Å². The number of hydrogen-bond donors (Lipinski definition) is 2. The van der Waals surface area contributed by atoms with E-state index in [4.69, 9.17) is 21.7 Å². The SMILES string of the molecule is CCCCCCOc1ccc(C(=O)NC(=S)Nc2ccc(OCCCc3ccccc3)cc2)cc1. The van der Waals surface area contributed by atoms with Gasteiger partial charge < -0.3 is 14.8 Å². The first-order valence-electron chi connectivity index (χ1n) is 12.3. The molecule has 3 aromatic rings. The molecule has 0 aliphatic carbocycles. The van der Waals surface area contributed by atoms with Gasteiger partial charge in [0.05, 0.1) is 13.2 Å². The minimum Gasteiger partial charge on any atom is -0.494 e.